The van der Waals surface area contributed by atoms with Crippen molar-refractivity contribution in [3.8, 4) is 17.5 Å². The average molecular weight is 342 g/mol. The molecule has 2 atom stereocenters. The molecule has 0 aromatic carbocycles. The van der Waals surface area contributed by atoms with Crippen molar-refractivity contribution in [1.29, 1.82) is 0 Å². The maximum absolute atomic E-state index is 6.19. The quantitative estimate of drug-likeness (QED) is 0.912. The highest BCUT2D eigenvalue weighted by Gasteiger charge is 2.33. The Balaban J connectivity index is 1.50. The minimum atomic E-state index is 0.127. The molecule has 2 unspecified atom stereocenters. The van der Waals surface area contributed by atoms with Crippen LogP contribution in [0.1, 0.15) is 24.1 Å². The third-order valence-corrected chi connectivity index (χ3v) is 4.64. The van der Waals surface area contributed by atoms with E-state index in [1.54, 1.807) is 6.20 Å². The van der Waals surface area contributed by atoms with E-state index in [1.165, 1.54) is 6.33 Å². The number of hydrogen-bond donors (Lipinski definition) is 1. The second-order valence-electron chi connectivity index (χ2n) is 6.61. The molecule has 132 valence electrons. The number of pyridine rings is 1. The van der Waals surface area contributed by atoms with Gasteiger partial charge in [0.2, 0.25) is 11.8 Å². The highest BCUT2D eigenvalue weighted by atomic mass is 16.5. The van der Waals surface area contributed by atoms with Gasteiger partial charge in [-0.2, -0.15) is 0 Å². The zero-order valence-electron chi connectivity index (χ0n) is 14.4. The van der Waals surface area contributed by atoms with Gasteiger partial charge in [-0.1, -0.05) is 0 Å². The number of fused-ring (bicyclic) bond motifs is 2. The fourth-order valence-electron chi connectivity index (χ4n) is 3.36. The number of rotatable bonds is 4. The summed E-state index contributed by atoms with van der Waals surface area (Å²) in [6.07, 6.45) is 5.17. The standard InChI is InChI=1S/C18H22N4O3/c1-11-17(24-15-6-13-8-23-9-14(7-15)22-13)20-10-21-18(11)25-16-4-3-5-19-12(16)2/h3-5,10,13-15,22H,6-9H2,1-2H3. The number of ether oxygens (including phenoxy) is 3. The number of nitrogens with one attached hydrogen (secondary N) is 1. The van der Waals surface area contributed by atoms with Gasteiger partial charge in [-0.15, -0.1) is 0 Å². The summed E-state index contributed by atoms with van der Waals surface area (Å²) < 4.78 is 17.7. The summed E-state index contributed by atoms with van der Waals surface area (Å²) in [6.45, 7) is 5.31. The molecule has 7 nitrogen and oxygen atoms in total. The van der Waals surface area contributed by atoms with Crippen molar-refractivity contribution in [2.75, 3.05) is 13.2 Å². The molecule has 0 aliphatic carbocycles. The highest BCUT2D eigenvalue weighted by Crippen LogP contribution is 2.30. The number of nitrogens with zero attached hydrogens (tertiary/aromatic N) is 3. The highest BCUT2D eigenvalue weighted by molar-refractivity contribution is 5.37. The van der Waals surface area contributed by atoms with Crippen LogP contribution in [0.2, 0.25) is 0 Å². The monoisotopic (exact) mass is 342 g/mol. The summed E-state index contributed by atoms with van der Waals surface area (Å²) in [7, 11) is 0. The lowest BCUT2D eigenvalue weighted by molar-refractivity contribution is -0.0134. The molecule has 2 aromatic rings. The van der Waals surface area contributed by atoms with E-state index in [4.69, 9.17) is 14.2 Å². The Morgan fingerprint density at radius 3 is 2.60 bits per heavy atom. The molecule has 2 aliphatic heterocycles. The molecule has 4 rings (SSSR count). The number of aromatic nitrogens is 3. The van der Waals surface area contributed by atoms with Gasteiger partial charge in [-0.3, -0.25) is 4.98 Å². The predicted molar refractivity (Wildman–Crippen MR) is 91.0 cm³/mol. The van der Waals surface area contributed by atoms with Crippen molar-refractivity contribution < 1.29 is 14.2 Å². The molecule has 0 amide bonds. The van der Waals surface area contributed by atoms with Crippen LogP contribution in [0.25, 0.3) is 0 Å². The van der Waals surface area contributed by atoms with Crippen LogP contribution in [0.15, 0.2) is 24.7 Å². The van der Waals surface area contributed by atoms with Crippen LogP contribution >= 0.6 is 0 Å². The second kappa shape index (κ2) is 6.93. The van der Waals surface area contributed by atoms with Crippen molar-refractivity contribution in [3.05, 3.63) is 35.9 Å². The van der Waals surface area contributed by atoms with Crippen molar-refractivity contribution in [1.82, 2.24) is 20.3 Å². The molecule has 2 fully saturated rings. The maximum Gasteiger partial charge on any atom is 0.229 e. The number of morpholine rings is 1. The number of hydrogen-bond acceptors (Lipinski definition) is 7. The van der Waals surface area contributed by atoms with Gasteiger partial charge in [0.25, 0.3) is 0 Å². The van der Waals surface area contributed by atoms with E-state index < -0.39 is 0 Å². The van der Waals surface area contributed by atoms with Gasteiger partial charge in [0.1, 0.15) is 12.4 Å². The zero-order chi connectivity index (χ0) is 17.2. The normalized spacial score (nSPS) is 25.4. The van der Waals surface area contributed by atoms with Crippen LogP contribution in [0.4, 0.5) is 0 Å². The van der Waals surface area contributed by atoms with E-state index in [9.17, 15) is 0 Å². The Hall–Kier alpha value is -2.25. The lowest BCUT2D eigenvalue weighted by Crippen LogP contribution is -2.56. The van der Waals surface area contributed by atoms with Crippen molar-refractivity contribution in [2.24, 2.45) is 0 Å². The molecule has 0 saturated carbocycles. The SMILES string of the molecule is Cc1ncccc1Oc1ncnc(OC2CC3COCC(C2)N3)c1C. The summed E-state index contributed by atoms with van der Waals surface area (Å²) in [6, 6.07) is 4.42. The smallest absolute Gasteiger partial charge is 0.229 e. The van der Waals surface area contributed by atoms with E-state index >= 15 is 0 Å². The van der Waals surface area contributed by atoms with Gasteiger partial charge in [-0.05, 0) is 26.0 Å². The van der Waals surface area contributed by atoms with E-state index in [-0.39, 0.29) is 6.10 Å². The fraction of sp³-hybridized carbons (Fsp3) is 0.500. The van der Waals surface area contributed by atoms with Crippen LogP contribution in [-0.4, -0.2) is 46.4 Å². The van der Waals surface area contributed by atoms with E-state index in [1.807, 2.05) is 26.0 Å². The van der Waals surface area contributed by atoms with E-state index in [0.29, 0.717) is 29.6 Å². The zero-order valence-corrected chi connectivity index (χ0v) is 14.4. The lowest BCUT2D eigenvalue weighted by atomic mass is 9.95. The van der Waals surface area contributed by atoms with Crippen LogP contribution < -0.4 is 14.8 Å². The topological polar surface area (TPSA) is 78.4 Å². The average Bonchev–Trinajstić information content (AvgIpc) is 2.60. The van der Waals surface area contributed by atoms with Crippen LogP contribution in [0, 0.1) is 13.8 Å². The summed E-state index contributed by atoms with van der Waals surface area (Å²) in [5.41, 5.74) is 1.61. The molecule has 4 heterocycles. The molecule has 7 heteroatoms. The van der Waals surface area contributed by atoms with Gasteiger partial charge >= 0.3 is 0 Å². The van der Waals surface area contributed by atoms with Crippen molar-refractivity contribution in [3.63, 3.8) is 0 Å². The first-order valence-electron chi connectivity index (χ1n) is 8.60. The lowest BCUT2D eigenvalue weighted by Gasteiger charge is -2.39. The summed E-state index contributed by atoms with van der Waals surface area (Å²) >= 11 is 0. The molecule has 2 bridgehead atoms. The van der Waals surface area contributed by atoms with Gasteiger partial charge in [0.15, 0.2) is 5.75 Å². The largest absolute Gasteiger partial charge is 0.474 e. The van der Waals surface area contributed by atoms with E-state index in [0.717, 1.165) is 37.3 Å². The Morgan fingerprint density at radius 1 is 1.08 bits per heavy atom. The minimum Gasteiger partial charge on any atom is -0.474 e. The Bertz CT molecular complexity index is 743. The van der Waals surface area contributed by atoms with Gasteiger partial charge in [0, 0.05) is 31.1 Å². The number of piperidine rings is 1. The third-order valence-electron chi connectivity index (χ3n) is 4.64. The first kappa shape index (κ1) is 16.2. The van der Waals surface area contributed by atoms with E-state index in [2.05, 4.69) is 20.3 Å². The Labute approximate surface area is 146 Å². The molecule has 2 aliphatic rings. The third kappa shape index (κ3) is 3.57. The molecule has 1 N–H and O–H groups in total. The fourth-order valence-corrected chi connectivity index (χ4v) is 3.36. The Morgan fingerprint density at radius 2 is 1.84 bits per heavy atom. The summed E-state index contributed by atoms with van der Waals surface area (Å²) in [4.78, 5) is 12.8. The van der Waals surface area contributed by atoms with Crippen LogP contribution in [0.3, 0.4) is 0 Å². The summed E-state index contributed by atoms with van der Waals surface area (Å²) in [5, 5.41) is 3.56. The first-order chi connectivity index (χ1) is 12.2. The number of aryl methyl sites for hydroxylation is 1. The molecule has 2 aromatic heterocycles. The molecule has 2 saturated heterocycles. The Kier molecular flexibility index (Phi) is 4.50. The molecule has 0 radical (unpaired) electrons. The molecular formula is C18H22N4O3. The van der Waals surface area contributed by atoms with Crippen molar-refractivity contribution >= 4 is 0 Å². The molecule has 0 spiro atoms. The van der Waals surface area contributed by atoms with Crippen molar-refractivity contribution in [2.45, 2.75) is 44.9 Å². The van der Waals surface area contributed by atoms with Crippen LogP contribution in [0.5, 0.6) is 17.5 Å². The molecule has 25 heavy (non-hydrogen) atoms. The molecular weight excluding hydrogens is 320 g/mol. The van der Waals surface area contributed by atoms with Crippen LogP contribution in [-0.2, 0) is 4.74 Å². The van der Waals surface area contributed by atoms with Gasteiger partial charge in [-0.25, -0.2) is 9.97 Å². The van der Waals surface area contributed by atoms with Gasteiger partial charge in [0.05, 0.1) is 24.5 Å². The van der Waals surface area contributed by atoms with Gasteiger partial charge < -0.3 is 19.5 Å². The minimum absolute atomic E-state index is 0.127. The first-order valence-corrected chi connectivity index (χ1v) is 8.60. The summed E-state index contributed by atoms with van der Waals surface area (Å²) in [5.74, 6) is 1.76. The predicted octanol–water partition coefficient (Wildman–Crippen LogP) is 2.18. The second-order valence-corrected chi connectivity index (χ2v) is 6.61. The maximum atomic E-state index is 6.19.